The summed E-state index contributed by atoms with van der Waals surface area (Å²) in [6, 6.07) is 12.8. The van der Waals surface area contributed by atoms with Crippen LogP contribution in [0.1, 0.15) is 5.56 Å². The molecule has 6 nitrogen and oxygen atoms in total. The topological polar surface area (TPSA) is 89.3 Å². The Morgan fingerprint density at radius 1 is 1.22 bits per heavy atom. The fourth-order valence-corrected chi connectivity index (χ4v) is 2.46. The van der Waals surface area contributed by atoms with Crippen LogP contribution < -0.4 is 5.32 Å². The monoisotopic (exact) mass is 330 g/mol. The number of nitrogens with zero attached hydrogens (tertiary/aromatic N) is 1. The van der Waals surface area contributed by atoms with E-state index in [2.05, 4.69) is 5.32 Å². The summed E-state index contributed by atoms with van der Waals surface area (Å²) in [4.78, 5) is 22.9. The van der Waals surface area contributed by atoms with Crippen LogP contribution >= 0.6 is 0 Å². The largest absolute Gasteiger partial charge is 0.322 e. The van der Waals surface area contributed by atoms with Crippen molar-refractivity contribution in [2.45, 2.75) is 4.90 Å². The van der Waals surface area contributed by atoms with E-state index in [9.17, 15) is 19.1 Å². The van der Waals surface area contributed by atoms with Crippen molar-refractivity contribution in [3.8, 4) is 0 Å². The summed E-state index contributed by atoms with van der Waals surface area (Å²) in [6.07, 6.45) is 4.16. The number of nitro benzene ring substituents is 1. The predicted octanol–water partition coefficient (Wildman–Crippen LogP) is 2.98. The van der Waals surface area contributed by atoms with E-state index >= 15 is 0 Å². The minimum Gasteiger partial charge on any atom is -0.322 e. The van der Waals surface area contributed by atoms with Crippen molar-refractivity contribution in [3.05, 3.63) is 70.3 Å². The second-order valence-electron chi connectivity index (χ2n) is 4.62. The van der Waals surface area contributed by atoms with Crippen molar-refractivity contribution < 1.29 is 13.9 Å². The Bertz CT molecular complexity index is 802. The number of carbonyl (C=O) groups excluding carboxylic acids is 1. The Kier molecular flexibility index (Phi) is 5.37. The predicted molar refractivity (Wildman–Crippen MR) is 89.5 cm³/mol. The molecule has 2 rings (SSSR count). The average Bonchev–Trinajstić information content (AvgIpc) is 2.53. The van der Waals surface area contributed by atoms with Gasteiger partial charge in [-0.1, -0.05) is 18.2 Å². The number of carbonyl (C=O) groups is 1. The zero-order valence-electron chi connectivity index (χ0n) is 12.3. The third kappa shape index (κ3) is 4.58. The van der Waals surface area contributed by atoms with Gasteiger partial charge in [-0.3, -0.25) is 19.1 Å². The SMILES string of the molecule is C[S@@](=O)c1cccc(NC(=O)/C=C\c2ccccc2[N+](=O)[O-])c1. The Morgan fingerprint density at radius 3 is 2.65 bits per heavy atom. The summed E-state index contributed by atoms with van der Waals surface area (Å²) >= 11 is 0. The second kappa shape index (κ2) is 7.46. The van der Waals surface area contributed by atoms with Crippen molar-refractivity contribution >= 4 is 34.2 Å². The van der Waals surface area contributed by atoms with Gasteiger partial charge in [-0.05, 0) is 30.3 Å². The zero-order valence-corrected chi connectivity index (χ0v) is 13.1. The van der Waals surface area contributed by atoms with Gasteiger partial charge in [0.15, 0.2) is 0 Å². The average molecular weight is 330 g/mol. The molecule has 0 aromatic heterocycles. The summed E-state index contributed by atoms with van der Waals surface area (Å²) in [5.41, 5.74) is 0.783. The molecule has 0 heterocycles. The standard InChI is InChI=1S/C16H14N2O4S/c1-23(22)14-7-4-6-13(11-14)17-16(19)10-9-12-5-2-3-8-15(12)18(20)21/h2-11H,1H3,(H,17,19)/b10-9-/t23-/m1/s1. The summed E-state index contributed by atoms with van der Waals surface area (Å²) in [5, 5.41) is 13.5. The number of hydrogen-bond acceptors (Lipinski definition) is 4. The van der Waals surface area contributed by atoms with Crippen LogP contribution in [0.5, 0.6) is 0 Å². The van der Waals surface area contributed by atoms with Crippen LogP contribution in [0.3, 0.4) is 0 Å². The van der Waals surface area contributed by atoms with E-state index in [1.165, 1.54) is 18.2 Å². The molecular formula is C16H14N2O4S. The van der Waals surface area contributed by atoms with E-state index in [4.69, 9.17) is 0 Å². The smallest absolute Gasteiger partial charge is 0.276 e. The normalized spacial score (nSPS) is 12.0. The molecule has 118 valence electrons. The molecule has 0 saturated heterocycles. The van der Waals surface area contributed by atoms with Crippen molar-refractivity contribution in [3.63, 3.8) is 0 Å². The number of hydrogen-bond donors (Lipinski definition) is 1. The van der Waals surface area contributed by atoms with Crippen molar-refractivity contribution in [2.75, 3.05) is 11.6 Å². The van der Waals surface area contributed by atoms with Crippen LogP contribution in [0.15, 0.2) is 59.5 Å². The third-order valence-electron chi connectivity index (χ3n) is 2.98. The van der Waals surface area contributed by atoms with Gasteiger partial charge < -0.3 is 5.32 Å². The van der Waals surface area contributed by atoms with Gasteiger partial charge in [0.05, 0.1) is 10.5 Å². The number of rotatable bonds is 5. The summed E-state index contributed by atoms with van der Waals surface area (Å²) in [5.74, 6) is -0.429. The molecule has 23 heavy (non-hydrogen) atoms. The first-order valence-electron chi connectivity index (χ1n) is 6.63. The molecule has 7 heteroatoms. The highest BCUT2D eigenvalue weighted by Gasteiger charge is 2.09. The van der Waals surface area contributed by atoms with E-state index in [1.54, 1.807) is 48.7 Å². The number of nitro groups is 1. The van der Waals surface area contributed by atoms with E-state index in [0.29, 0.717) is 16.1 Å². The summed E-state index contributed by atoms with van der Waals surface area (Å²) in [7, 11) is -1.14. The molecule has 0 fully saturated rings. The van der Waals surface area contributed by atoms with Crippen LogP contribution in [0, 0.1) is 10.1 Å². The molecule has 1 N–H and O–H groups in total. The molecule has 0 saturated carbocycles. The maximum absolute atomic E-state index is 11.9. The highest BCUT2D eigenvalue weighted by atomic mass is 32.2. The van der Waals surface area contributed by atoms with Gasteiger partial charge in [-0.25, -0.2) is 0 Å². The molecule has 0 spiro atoms. The lowest BCUT2D eigenvalue weighted by Gasteiger charge is -2.04. The maximum Gasteiger partial charge on any atom is 0.276 e. The summed E-state index contributed by atoms with van der Waals surface area (Å²) < 4.78 is 11.4. The molecule has 0 aliphatic heterocycles. The second-order valence-corrected chi connectivity index (χ2v) is 6.00. The first kappa shape index (κ1) is 16.6. The van der Waals surface area contributed by atoms with Gasteiger partial charge in [0.2, 0.25) is 5.91 Å². The van der Waals surface area contributed by atoms with Crippen LogP contribution in [-0.4, -0.2) is 21.3 Å². The highest BCUT2D eigenvalue weighted by molar-refractivity contribution is 7.84. The minimum atomic E-state index is -1.14. The van der Waals surface area contributed by atoms with Gasteiger partial charge in [-0.15, -0.1) is 0 Å². The number of amides is 1. The highest BCUT2D eigenvalue weighted by Crippen LogP contribution is 2.19. The van der Waals surface area contributed by atoms with E-state index < -0.39 is 21.6 Å². The molecule has 1 amide bonds. The van der Waals surface area contributed by atoms with Crippen molar-refractivity contribution in [2.24, 2.45) is 0 Å². The molecule has 0 radical (unpaired) electrons. The first-order valence-corrected chi connectivity index (χ1v) is 8.19. The van der Waals surface area contributed by atoms with E-state index in [1.807, 2.05) is 0 Å². The van der Waals surface area contributed by atoms with E-state index in [0.717, 1.165) is 0 Å². The lowest BCUT2D eigenvalue weighted by Crippen LogP contribution is -2.08. The van der Waals surface area contributed by atoms with Gasteiger partial charge in [0, 0.05) is 39.8 Å². The van der Waals surface area contributed by atoms with Crippen molar-refractivity contribution in [1.29, 1.82) is 0 Å². The molecule has 1 atom stereocenters. The Balaban J connectivity index is 2.12. The number of nitrogens with one attached hydrogen (secondary N) is 1. The van der Waals surface area contributed by atoms with E-state index in [-0.39, 0.29) is 5.69 Å². The zero-order chi connectivity index (χ0) is 16.8. The van der Waals surface area contributed by atoms with Crippen LogP contribution in [0.4, 0.5) is 11.4 Å². The Labute approximate surface area is 135 Å². The molecule has 2 aromatic carbocycles. The Hall–Kier alpha value is -2.80. The quantitative estimate of drug-likeness (QED) is 0.518. The molecule has 2 aromatic rings. The van der Waals surface area contributed by atoms with Crippen LogP contribution in [-0.2, 0) is 15.6 Å². The van der Waals surface area contributed by atoms with Crippen molar-refractivity contribution in [1.82, 2.24) is 0 Å². The molecule has 0 aliphatic rings. The van der Waals surface area contributed by atoms with Gasteiger partial charge in [0.1, 0.15) is 0 Å². The summed E-state index contributed by atoms with van der Waals surface area (Å²) in [6.45, 7) is 0. The van der Waals surface area contributed by atoms with Gasteiger partial charge in [-0.2, -0.15) is 0 Å². The lowest BCUT2D eigenvalue weighted by molar-refractivity contribution is -0.385. The molecular weight excluding hydrogens is 316 g/mol. The molecule has 0 unspecified atom stereocenters. The third-order valence-corrected chi connectivity index (χ3v) is 3.90. The maximum atomic E-state index is 11.9. The van der Waals surface area contributed by atoms with Crippen LogP contribution in [0.2, 0.25) is 0 Å². The lowest BCUT2D eigenvalue weighted by atomic mass is 10.1. The molecule has 0 bridgehead atoms. The van der Waals surface area contributed by atoms with Gasteiger partial charge >= 0.3 is 0 Å². The number of para-hydroxylation sites is 1. The Morgan fingerprint density at radius 2 is 1.96 bits per heavy atom. The number of benzene rings is 2. The molecule has 0 aliphatic carbocycles. The number of anilines is 1. The fraction of sp³-hybridized carbons (Fsp3) is 0.0625. The van der Waals surface area contributed by atoms with Crippen LogP contribution in [0.25, 0.3) is 6.08 Å². The van der Waals surface area contributed by atoms with Gasteiger partial charge in [0.25, 0.3) is 5.69 Å². The minimum absolute atomic E-state index is 0.0695. The first-order chi connectivity index (χ1) is 11.0. The fourth-order valence-electron chi connectivity index (χ4n) is 1.90.